The largest absolute Gasteiger partial charge is 0.394 e. The summed E-state index contributed by atoms with van der Waals surface area (Å²) in [5, 5.41) is 18.9. The van der Waals surface area contributed by atoms with Gasteiger partial charge in [0.2, 0.25) is 0 Å². The molecule has 1 aliphatic rings. The van der Waals surface area contributed by atoms with Crippen molar-refractivity contribution in [1.82, 2.24) is 9.55 Å². The summed E-state index contributed by atoms with van der Waals surface area (Å²) in [6.45, 7) is 1.62. The first-order valence-corrected chi connectivity index (χ1v) is 8.23. The fraction of sp³-hybridized carbons (Fsp3) is 0.692. The summed E-state index contributed by atoms with van der Waals surface area (Å²) < 4.78 is 6.80. The van der Waals surface area contributed by atoms with Gasteiger partial charge in [0.15, 0.2) is 0 Å². The van der Waals surface area contributed by atoms with Crippen molar-refractivity contribution < 1.29 is 14.9 Å². The fourth-order valence-electron chi connectivity index (χ4n) is 2.24. The maximum atomic E-state index is 12.0. The van der Waals surface area contributed by atoms with Crippen molar-refractivity contribution in [1.29, 1.82) is 0 Å². The van der Waals surface area contributed by atoms with Gasteiger partial charge in [-0.05, 0) is 6.92 Å². The number of hydrogen-bond donors (Lipinski definition) is 4. The molecule has 1 aromatic rings. The van der Waals surface area contributed by atoms with Crippen LogP contribution in [0.2, 0.25) is 0 Å². The highest BCUT2D eigenvalue weighted by molar-refractivity contribution is 7.98. The molecule has 1 aromatic heterocycles. The van der Waals surface area contributed by atoms with Gasteiger partial charge in [0.05, 0.1) is 12.7 Å². The van der Waals surface area contributed by atoms with Gasteiger partial charge >= 0.3 is 5.69 Å². The number of ether oxygens (including phenoxy) is 1. The molecule has 1 saturated heterocycles. The fourth-order valence-corrected chi connectivity index (χ4v) is 3.18. The zero-order valence-corrected chi connectivity index (χ0v) is 13.2. The molecule has 0 bridgehead atoms. The summed E-state index contributed by atoms with van der Waals surface area (Å²) in [6.07, 6.45) is -0.315. The van der Waals surface area contributed by atoms with Crippen molar-refractivity contribution in [3.05, 3.63) is 22.2 Å². The van der Waals surface area contributed by atoms with Crippen LogP contribution in [0.15, 0.2) is 11.0 Å². The van der Waals surface area contributed by atoms with Gasteiger partial charge < -0.3 is 26.4 Å². The zero-order valence-electron chi connectivity index (χ0n) is 12.4. The Bertz CT molecular complexity index is 565. The second-order valence-corrected chi connectivity index (χ2v) is 6.48. The number of nitrogens with two attached hydrogens (primary N) is 2. The average Bonchev–Trinajstić information content (AvgIpc) is 2.81. The molecule has 1 aliphatic heterocycles. The highest BCUT2D eigenvalue weighted by Gasteiger charge is 2.35. The Morgan fingerprint density at radius 1 is 1.64 bits per heavy atom. The van der Waals surface area contributed by atoms with Crippen LogP contribution in [0.25, 0.3) is 0 Å². The maximum Gasteiger partial charge on any atom is 0.351 e. The first-order chi connectivity index (χ1) is 10.4. The van der Waals surface area contributed by atoms with E-state index in [9.17, 15) is 9.90 Å². The van der Waals surface area contributed by atoms with Crippen LogP contribution < -0.4 is 17.2 Å². The normalized spacial score (nSPS) is 26.3. The number of nitrogens with zero attached hydrogens (tertiary/aromatic N) is 2. The highest BCUT2D eigenvalue weighted by Crippen LogP contribution is 2.28. The van der Waals surface area contributed by atoms with Gasteiger partial charge in [-0.25, -0.2) is 4.79 Å². The SMILES string of the molecule is CC(N)CSCc1cn(C2CC(O)C(CO)O2)c(=O)nc1N. The lowest BCUT2D eigenvalue weighted by atomic mass is 10.2. The molecule has 0 amide bonds. The number of thioether (sulfide) groups is 1. The van der Waals surface area contributed by atoms with Crippen LogP contribution in [0.5, 0.6) is 0 Å². The van der Waals surface area contributed by atoms with Crippen LogP contribution in [0.3, 0.4) is 0 Å². The molecular formula is C13H22N4O4S. The predicted molar refractivity (Wildman–Crippen MR) is 84.3 cm³/mol. The number of nitrogen functional groups attached to an aromatic ring is 1. The third kappa shape index (κ3) is 3.99. The molecule has 8 nitrogen and oxygen atoms in total. The molecule has 1 fully saturated rings. The monoisotopic (exact) mass is 330 g/mol. The average molecular weight is 330 g/mol. The Hall–Kier alpha value is -1.13. The predicted octanol–water partition coefficient (Wildman–Crippen LogP) is -0.953. The molecule has 0 aliphatic carbocycles. The lowest BCUT2D eigenvalue weighted by Crippen LogP contribution is -2.29. The van der Waals surface area contributed by atoms with E-state index in [0.29, 0.717) is 5.75 Å². The van der Waals surface area contributed by atoms with E-state index in [4.69, 9.17) is 21.3 Å². The minimum Gasteiger partial charge on any atom is -0.394 e. The van der Waals surface area contributed by atoms with Gasteiger partial charge in [-0.2, -0.15) is 16.7 Å². The maximum absolute atomic E-state index is 12.0. The summed E-state index contributed by atoms with van der Waals surface area (Å²) in [7, 11) is 0. The number of aliphatic hydroxyl groups is 2. The van der Waals surface area contributed by atoms with Crippen LogP contribution in [0.4, 0.5) is 5.82 Å². The standard InChI is InChI=1S/C13H22N4O4S/c1-7(14)5-22-6-8-3-17(13(20)16-12(8)15)11-2-9(19)10(4-18)21-11/h3,7,9-11,18-19H,2,4-6,14H2,1H3,(H2,15,16,20). The topological polar surface area (TPSA) is 137 Å². The molecule has 124 valence electrons. The summed E-state index contributed by atoms with van der Waals surface area (Å²) in [5.74, 6) is 1.54. The molecule has 0 saturated carbocycles. The molecule has 0 spiro atoms. The van der Waals surface area contributed by atoms with Crippen LogP contribution >= 0.6 is 11.8 Å². The molecule has 4 unspecified atom stereocenters. The second kappa shape index (κ2) is 7.42. The van der Waals surface area contributed by atoms with E-state index in [-0.39, 0.29) is 24.9 Å². The Labute approximate surface area is 132 Å². The summed E-state index contributed by atoms with van der Waals surface area (Å²) in [4.78, 5) is 15.8. The second-order valence-electron chi connectivity index (χ2n) is 5.45. The van der Waals surface area contributed by atoms with Crippen LogP contribution in [0.1, 0.15) is 25.1 Å². The Morgan fingerprint density at radius 2 is 2.36 bits per heavy atom. The molecule has 6 N–H and O–H groups in total. The number of anilines is 1. The van der Waals surface area contributed by atoms with Crippen LogP contribution in [-0.2, 0) is 10.5 Å². The number of hydrogen-bond acceptors (Lipinski definition) is 8. The van der Waals surface area contributed by atoms with E-state index in [1.165, 1.54) is 4.57 Å². The third-order valence-corrected chi connectivity index (χ3v) is 4.67. The molecule has 0 aromatic carbocycles. The van der Waals surface area contributed by atoms with Gasteiger partial charge in [0.1, 0.15) is 18.1 Å². The van der Waals surface area contributed by atoms with E-state index in [2.05, 4.69) is 4.98 Å². The smallest absolute Gasteiger partial charge is 0.351 e. The van der Waals surface area contributed by atoms with Crippen LogP contribution in [0, 0.1) is 0 Å². The van der Waals surface area contributed by atoms with Crippen molar-refractivity contribution in [2.24, 2.45) is 5.73 Å². The van der Waals surface area contributed by atoms with Gasteiger partial charge in [0, 0.05) is 35.7 Å². The van der Waals surface area contributed by atoms with E-state index in [1.807, 2.05) is 6.92 Å². The van der Waals surface area contributed by atoms with Crippen LogP contribution in [-0.4, -0.2) is 50.4 Å². The number of aromatic nitrogens is 2. The molecular weight excluding hydrogens is 308 g/mol. The quantitative estimate of drug-likeness (QED) is 0.524. The first kappa shape index (κ1) is 17.2. The molecule has 2 rings (SSSR count). The Balaban J connectivity index is 2.16. The lowest BCUT2D eigenvalue weighted by molar-refractivity contribution is -0.0459. The number of aliphatic hydroxyl groups excluding tert-OH is 2. The third-order valence-electron chi connectivity index (χ3n) is 3.39. The molecule has 9 heteroatoms. The van der Waals surface area contributed by atoms with Gasteiger partial charge in [0.25, 0.3) is 0 Å². The first-order valence-electron chi connectivity index (χ1n) is 7.07. The molecule has 4 atom stereocenters. The van der Waals surface area contributed by atoms with Crippen molar-refractivity contribution in [2.45, 2.75) is 43.6 Å². The van der Waals surface area contributed by atoms with Crippen molar-refractivity contribution >= 4 is 17.6 Å². The zero-order chi connectivity index (χ0) is 16.3. The van der Waals surface area contributed by atoms with Gasteiger partial charge in [-0.3, -0.25) is 4.57 Å². The Morgan fingerprint density at radius 3 is 2.95 bits per heavy atom. The molecule has 0 radical (unpaired) electrons. The summed E-state index contributed by atoms with van der Waals surface area (Å²) in [5.41, 5.74) is 11.7. The van der Waals surface area contributed by atoms with E-state index < -0.39 is 24.1 Å². The molecule has 22 heavy (non-hydrogen) atoms. The summed E-state index contributed by atoms with van der Waals surface area (Å²) in [6, 6.07) is 0.0729. The van der Waals surface area contributed by atoms with Gasteiger partial charge in [-0.1, -0.05) is 0 Å². The minimum atomic E-state index is -0.810. The molecule has 2 heterocycles. The van der Waals surface area contributed by atoms with E-state index in [1.54, 1.807) is 18.0 Å². The van der Waals surface area contributed by atoms with Crippen molar-refractivity contribution in [2.75, 3.05) is 18.1 Å². The summed E-state index contributed by atoms with van der Waals surface area (Å²) >= 11 is 1.60. The lowest BCUT2D eigenvalue weighted by Gasteiger charge is -2.16. The van der Waals surface area contributed by atoms with E-state index >= 15 is 0 Å². The highest BCUT2D eigenvalue weighted by atomic mass is 32.2. The van der Waals surface area contributed by atoms with Crippen molar-refractivity contribution in [3.63, 3.8) is 0 Å². The minimum absolute atomic E-state index is 0.0729. The van der Waals surface area contributed by atoms with Crippen molar-refractivity contribution in [3.8, 4) is 0 Å². The van der Waals surface area contributed by atoms with Gasteiger partial charge in [-0.15, -0.1) is 0 Å². The number of rotatable bonds is 6. The Kier molecular flexibility index (Phi) is 5.81. The van der Waals surface area contributed by atoms with E-state index in [0.717, 1.165) is 11.3 Å².